The second-order valence-electron chi connectivity index (χ2n) is 4.95. The lowest BCUT2D eigenvalue weighted by molar-refractivity contribution is -0.116. The van der Waals surface area contributed by atoms with Gasteiger partial charge in [-0.1, -0.05) is 47.0 Å². The number of carbonyl (C=O) groups is 1. The first kappa shape index (κ1) is 17.4. The molecule has 0 aromatic heterocycles. The van der Waals surface area contributed by atoms with Crippen LogP contribution in [0.1, 0.15) is 11.1 Å². The molecule has 0 spiro atoms. The van der Waals surface area contributed by atoms with Crippen molar-refractivity contribution >= 4 is 35.2 Å². The molecule has 0 aliphatic heterocycles. The predicted octanol–water partition coefficient (Wildman–Crippen LogP) is 4.51. The number of hydrogen-bond acceptors (Lipinski definition) is 2. The Bertz CT molecular complexity index is 697. The lowest BCUT2D eigenvalue weighted by Gasteiger charge is -2.06. The molecule has 0 saturated heterocycles. The molecule has 1 N–H and O–H groups in total. The molecule has 120 valence electrons. The number of nitrogens with one attached hydrogen (secondary N) is 1. The number of ether oxygens (including phenoxy) is 1. The minimum Gasteiger partial charge on any atom is -0.492 e. The zero-order chi connectivity index (χ0) is 16.7. The number of hydrogen-bond donors (Lipinski definition) is 1. The van der Waals surface area contributed by atoms with Crippen LogP contribution in [0.5, 0.6) is 5.75 Å². The van der Waals surface area contributed by atoms with Crippen LogP contribution < -0.4 is 10.1 Å². The van der Waals surface area contributed by atoms with E-state index in [1.807, 2.05) is 31.2 Å². The van der Waals surface area contributed by atoms with Crippen molar-refractivity contribution in [1.29, 1.82) is 0 Å². The van der Waals surface area contributed by atoms with Gasteiger partial charge in [0, 0.05) is 16.1 Å². The Kier molecular flexibility index (Phi) is 6.51. The molecule has 0 fully saturated rings. The highest BCUT2D eigenvalue weighted by Gasteiger charge is 2.00. The fourth-order valence-electron chi connectivity index (χ4n) is 1.84. The van der Waals surface area contributed by atoms with Gasteiger partial charge >= 0.3 is 0 Å². The maximum atomic E-state index is 11.7. The first-order valence-corrected chi connectivity index (χ1v) is 7.90. The van der Waals surface area contributed by atoms with Crippen LogP contribution in [0.15, 0.2) is 48.5 Å². The lowest BCUT2D eigenvalue weighted by atomic mass is 10.2. The summed E-state index contributed by atoms with van der Waals surface area (Å²) in [5.74, 6) is 0.580. The number of amides is 1. The third-order valence-electron chi connectivity index (χ3n) is 3.07. The van der Waals surface area contributed by atoms with Crippen molar-refractivity contribution in [2.75, 3.05) is 13.2 Å². The maximum Gasteiger partial charge on any atom is 0.244 e. The quantitative estimate of drug-likeness (QED) is 0.615. The number of aryl methyl sites for hydroxylation is 1. The molecule has 0 atom stereocenters. The highest BCUT2D eigenvalue weighted by Crippen LogP contribution is 2.21. The van der Waals surface area contributed by atoms with E-state index in [2.05, 4.69) is 5.32 Å². The Morgan fingerprint density at radius 1 is 1.17 bits per heavy atom. The second kappa shape index (κ2) is 8.61. The molecule has 1 amide bonds. The number of rotatable bonds is 6. The molecule has 0 bridgehead atoms. The normalized spacial score (nSPS) is 10.7. The summed E-state index contributed by atoms with van der Waals surface area (Å²) in [5, 5.41) is 3.81. The van der Waals surface area contributed by atoms with Crippen molar-refractivity contribution < 1.29 is 9.53 Å². The van der Waals surface area contributed by atoms with E-state index in [-0.39, 0.29) is 5.91 Å². The zero-order valence-electron chi connectivity index (χ0n) is 12.7. The van der Waals surface area contributed by atoms with Gasteiger partial charge in [0.2, 0.25) is 5.91 Å². The van der Waals surface area contributed by atoms with Crippen LogP contribution in [-0.2, 0) is 4.79 Å². The van der Waals surface area contributed by atoms with Crippen molar-refractivity contribution in [3.63, 3.8) is 0 Å². The molecule has 2 aromatic carbocycles. The number of benzene rings is 2. The Hall–Kier alpha value is -1.97. The standard InChI is InChI=1S/C18H17Cl2NO2/c1-13-2-7-16(8-3-13)23-11-10-21-18(22)9-5-14-4-6-15(19)12-17(14)20/h2-9,12H,10-11H2,1H3,(H,21,22)/b9-5+. The highest BCUT2D eigenvalue weighted by molar-refractivity contribution is 6.35. The summed E-state index contributed by atoms with van der Waals surface area (Å²) in [6.07, 6.45) is 3.08. The van der Waals surface area contributed by atoms with E-state index in [0.717, 1.165) is 11.3 Å². The van der Waals surface area contributed by atoms with Crippen molar-refractivity contribution in [2.24, 2.45) is 0 Å². The summed E-state index contributed by atoms with van der Waals surface area (Å²) < 4.78 is 5.53. The van der Waals surface area contributed by atoms with Crippen LogP contribution in [0.4, 0.5) is 0 Å². The third kappa shape index (κ3) is 5.97. The van der Waals surface area contributed by atoms with Gasteiger partial charge in [-0.3, -0.25) is 4.79 Å². The molecule has 0 unspecified atom stereocenters. The van der Waals surface area contributed by atoms with Gasteiger partial charge in [-0.2, -0.15) is 0 Å². The second-order valence-corrected chi connectivity index (χ2v) is 5.80. The van der Waals surface area contributed by atoms with Crippen LogP contribution >= 0.6 is 23.2 Å². The van der Waals surface area contributed by atoms with E-state index in [1.165, 1.54) is 11.6 Å². The van der Waals surface area contributed by atoms with E-state index >= 15 is 0 Å². The minimum absolute atomic E-state index is 0.205. The molecule has 0 saturated carbocycles. The van der Waals surface area contributed by atoms with Gasteiger partial charge in [0.25, 0.3) is 0 Å². The Morgan fingerprint density at radius 3 is 2.61 bits per heavy atom. The lowest BCUT2D eigenvalue weighted by Crippen LogP contribution is -2.26. The monoisotopic (exact) mass is 349 g/mol. The first-order valence-electron chi connectivity index (χ1n) is 7.15. The number of halogens is 2. The topological polar surface area (TPSA) is 38.3 Å². The molecular weight excluding hydrogens is 333 g/mol. The van der Waals surface area contributed by atoms with E-state index in [9.17, 15) is 4.79 Å². The van der Waals surface area contributed by atoms with E-state index in [1.54, 1.807) is 24.3 Å². The molecule has 2 rings (SSSR count). The minimum atomic E-state index is -0.205. The first-order chi connectivity index (χ1) is 11.0. The molecule has 0 aliphatic rings. The molecule has 5 heteroatoms. The van der Waals surface area contributed by atoms with Crippen LogP contribution in [0, 0.1) is 6.92 Å². The van der Waals surface area contributed by atoms with Gasteiger partial charge in [-0.15, -0.1) is 0 Å². The maximum absolute atomic E-state index is 11.7. The van der Waals surface area contributed by atoms with Gasteiger partial charge < -0.3 is 10.1 Å². The molecule has 23 heavy (non-hydrogen) atoms. The molecule has 3 nitrogen and oxygen atoms in total. The van der Waals surface area contributed by atoms with Gasteiger partial charge in [0.15, 0.2) is 0 Å². The zero-order valence-corrected chi connectivity index (χ0v) is 14.2. The van der Waals surface area contributed by atoms with Crippen molar-refractivity contribution in [2.45, 2.75) is 6.92 Å². The van der Waals surface area contributed by atoms with Gasteiger partial charge in [-0.05, 0) is 42.8 Å². The van der Waals surface area contributed by atoms with Crippen molar-refractivity contribution in [3.8, 4) is 5.75 Å². The Morgan fingerprint density at radius 2 is 1.91 bits per heavy atom. The summed E-state index contributed by atoms with van der Waals surface area (Å²) in [6.45, 7) is 2.85. The van der Waals surface area contributed by atoms with Crippen LogP contribution in [-0.4, -0.2) is 19.1 Å². The Balaban J connectivity index is 1.74. The fraction of sp³-hybridized carbons (Fsp3) is 0.167. The predicted molar refractivity (Wildman–Crippen MR) is 95.2 cm³/mol. The molecular formula is C18H17Cl2NO2. The van der Waals surface area contributed by atoms with Crippen LogP contribution in [0.3, 0.4) is 0 Å². The van der Waals surface area contributed by atoms with E-state index in [4.69, 9.17) is 27.9 Å². The van der Waals surface area contributed by atoms with Gasteiger partial charge in [0.05, 0.1) is 6.54 Å². The number of carbonyl (C=O) groups excluding carboxylic acids is 1. The Labute approximate surface area is 145 Å². The summed E-state index contributed by atoms with van der Waals surface area (Å²) in [6, 6.07) is 12.9. The smallest absolute Gasteiger partial charge is 0.244 e. The summed E-state index contributed by atoms with van der Waals surface area (Å²) in [7, 11) is 0. The van der Waals surface area contributed by atoms with E-state index in [0.29, 0.717) is 23.2 Å². The van der Waals surface area contributed by atoms with Crippen molar-refractivity contribution in [3.05, 3.63) is 69.7 Å². The fourth-order valence-corrected chi connectivity index (χ4v) is 2.31. The summed E-state index contributed by atoms with van der Waals surface area (Å²) in [4.78, 5) is 11.7. The third-order valence-corrected chi connectivity index (χ3v) is 3.63. The molecule has 0 radical (unpaired) electrons. The van der Waals surface area contributed by atoms with Crippen LogP contribution in [0.2, 0.25) is 10.0 Å². The average molecular weight is 350 g/mol. The largest absolute Gasteiger partial charge is 0.492 e. The van der Waals surface area contributed by atoms with Gasteiger partial charge in [0.1, 0.15) is 12.4 Å². The summed E-state index contributed by atoms with van der Waals surface area (Å²) >= 11 is 11.9. The molecule has 2 aromatic rings. The molecule has 0 heterocycles. The van der Waals surface area contributed by atoms with E-state index < -0.39 is 0 Å². The van der Waals surface area contributed by atoms with Crippen molar-refractivity contribution in [1.82, 2.24) is 5.32 Å². The highest BCUT2D eigenvalue weighted by atomic mass is 35.5. The SMILES string of the molecule is Cc1ccc(OCCNC(=O)/C=C/c2ccc(Cl)cc2Cl)cc1. The average Bonchev–Trinajstić information content (AvgIpc) is 2.52. The van der Waals surface area contributed by atoms with Gasteiger partial charge in [-0.25, -0.2) is 0 Å². The molecule has 0 aliphatic carbocycles. The van der Waals surface area contributed by atoms with Crippen LogP contribution in [0.25, 0.3) is 6.08 Å². The summed E-state index contributed by atoms with van der Waals surface area (Å²) in [5.41, 5.74) is 1.92.